The highest BCUT2D eigenvalue weighted by molar-refractivity contribution is 9.10. The van der Waals surface area contributed by atoms with E-state index in [9.17, 15) is 9.90 Å². The minimum Gasteiger partial charge on any atom is -0.444 e. The summed E-state index contributed by atoms with van der Waals surface area (Å²) < 4.78 is 6.41. The van der Waals surface area contributed by atoms with E-state index in [0.717, 1.165) is 61.8 Å². The average molecular weight is 425 g/mol. The lowest BCUT2D eigenvalue weighted by Gasteiger charge is -2.48. The number of carbonyl (C=O) groups is 1. The molecule has 1 N–H and O–H groups in total. The SMILES string of the molecule is CC(C)(C)OC(=O)N1CCC2(CC1)CCC(O)(c1ccc(Br)cn1)CC2. The van der Waals surface area contributed by atoms with Gasteiger partial charge in [-0.15, -0.1) is 0 Å². The summed E-state index contributed by atoms with van der Waals surface area (Å²) in [7, 11) is 0. The fraction of sp³-hybridized carbons (Fsp3) is 0.700. The molecule has 1 aromatic rings. The predicted molar refractivity (Wildman–Crippen MR) is 104 cm³/mol. The molecule has 3 rings (SSSR count). The van der Waals surface area contributed by atoms with Crippen molar-refractivity contribution in [1.82, 2.24) is 9.88 Å². The van der Waals surface area contributed by atoms with E-state index < -0.39 is 11.2 Å². The van der Waals surface area contributed by atoms with Gasteiger partial charge in [0.25, 0.3) is 0 Å². The molecule has 1 aliphatic heterocycles. The summed E-state index contributed by atoms with van der Waals surface area (Å²) in [6, 6.07) is 3.84. The van der Waals surface area contributed by atoms with E-state index in [2.05, 4.69) is 20.9 Å². The summed E-state index contributed by atoms with van der Waals surface area (Å²) in [5, 5.41) is 11.1. The second kappa shape index (κ2) is 7.12. The lowest BCUT2D eigenvalue weighted by molar-refractivity contribution is -0.0606. The Morgan fingerprint density at radius 3 is 2.27 bits per heavy atom. The average Bonchev–Trinajstić information content (AvgIpc) is 2.58. The van der Waals surface area contributed by atoms with Crippen molar-refractivity contribution in [2.45, 2.75) is 70.5 Å². The van der Waals surface area contributed by atoms with Crippen LogP contribution in [0, 0.1) is 5.41 Å². The molecule has 1 spiro atoms. The highest BCUT2D eigenvalue weighted by atomic mass is 79.9. The molecule has 2 heterocycles. The van der Waals surface area contributed by atoms with Crippen molar-refractivity contribution >= 4 is 22.0 Å². The van der Waals surface area contributed by atoms with E-state index in [-0.39, 0.29) is 11.5 Å². The Bertz CT molecular complexity index is 636. The maximum Gasteiger partial charge on any atom is 0.410 e. The minimum atomic E-state index is -0.825. The molecule has 1 saturated heterocycles. The van der Waals surface area contributed by atoms with E-state index in [0.29, 0.717) is 0 Å². The number of hydrogen-bond acceptors (Lipinski definition) is 4. The van der Waals surface area contributed by atoms with Gasteiger partial charge in [0, 0.05) is 23.8 Å². The van der Waals surface area contributed by atoms with E-state index in [1.807, 2.05) is 37.8 Å². The van der Waals surface area contributed by atoms with E-state index in [1.54, 1.807) is 6.20 Å². The van der Waals surface area contributed by atoms with Crippen LogP contribution in [0.2, 0.25) is 0 Å². The van der Waals surface area contributed by atoms with Gasteiger partial charge in [-0.1, -0.05) is 0 Å². The van der Waals surface area contributed by atoms with E-state index in [4.69, 9.17) is 4.74 Å². The second-order valence-electron chi connectivity index (χ2n) is 8.86. The highest BCUT2D eigenvalue weighted by Gasteiger charge is 2.45. The van der Waals surface area contributed by atoms with Gasteiger partial charge in [-0.2, -0.15) is 0 Å². The molecule has 0 bridgehead atoms. The third kappa shape index (κ3) is 4.39. The highest BCUT2D eigenvalue weighted by Crippen LogP contribution is 2.50. The van der Waals surface area contributed by atoms with Gasteiger partial charge in [0.05, 0.1) is 5.69 Å². The monoisotopic (exact) mass is 424 g/mol. The van der Waals surface area contributed by atoms with Crippen LogP contribution in [-0.4, -0.2) is 39.8 Å². The van der Waals surface area contributed by atoms with E-state index in [1.165, 1.54) is 0 Å². The van der Waals surface area contributed by atoms with Crippen LogP contribution in [0.5, 0.6) is 0 Å². The van der Waals surface area contributed by atoms with Crippen LogP contribution >= 0.6 is 15.9 Å². The Hall–Kier alpha value is -1.14. The molecular weight excluding hydrogens is 396 g/mol. The third-order valence-corrected chi connectivity index (χ3v) is 6.29. The summed E-state index contributed by atoms with van der Waals surface area (Å²) in [5.41, 5.74) is -0.277. The van der Waals surface area contributed by atoms with E-state index >= 15 is 0 Å². The van der Waals surface area contributed by atoms with Crippen LogP contribution in [-0.2, 0) is 10.3 Å². The normalized spacial score (nSPS) is 22.3. The molecular formula is C20H29BrN2O3. The number of nitrogens with zero attached hydrogens (tertiary/aromatic N) is 2. The molecule has 2 aliphatic rings. The van der Waals surface area contributed by atoms with Crippen molar-refractivity contribution in [2.24, 2.45) is 5.41 Å². The van der Waals surface area contributed by atoms with Crippen molar-refractivity contribution in [3.63, 3.8) is 0 Å². The van der Waals surface area contributed by atoms with Gasteiger partial charge in [0.15, 0.2) is 0 Å². The predicted octanol–water partition coefficient (Wildman–Crippen LogP) is 4.62. The largest absolute Gasteiger partial charge is 0.444 e. The lowest BCUT2D eigenvalue weighted by atomic mass is 9.63. The van der Waals surface area contributed by atoms with Gasteiger partial charge < -0.3 is 14.7 Å². The van der Waals surface area contributed by atoms with Gasteiger partial charge in [-0.25, -0.2) is 4.79 Å². The van der Waals surface area contributed by atoms with Gasteiger partial charge in [0.2, 0.25) is 0 Å². The molecule has 1 aliphatic carbocycles. The standard InChI is InChI=1S/C20H29BrN2O3/c1-18(2,3)26-17(24)23-12-10-19(11-13-23)6-8-20(25,9-7-19)16-5-4-15(21)14-22-16/h4-5,14,25H,6-13H2,1-3H3. The Balaban J connectivity index is 1.57. The smallest absolute Gasteiger partial charge is 0.410 e. The van der Waals surface area contributed by atoms with Gasteiger partial charge in [-0.05, 0) is 92.8 Å². The summed E-state index contributed by atoms with van der Waals surface area (Å²) >= 11 is 3.39. The Morgan fingerprint density at radius 1 is 1.15 bits per heavy atom. The second-order valence-corrected chi connectivity index (χ2v) is 9.78. The number of likely N-dealkylation sites (tertiary alicyclic amines) is 1. The maximum atomic E-state index is 12.3. The number of carbonyl (C=O) groups excluding carboxylic acids is 1. The number of aliphatic hydroxyl groups is 1. The topological polar surface area (TPSA) is 62.7 Å². The summed E-state index contributed by atoms with van der Waals surface area (Å²) in [4.78, 5) is 18.5. The number of pyridine rings is 1. The molecule has 1 amide bonds. The first kappa shape index (κ1) is 19.6. The number of rotatable bonds is 1. The molecule has 26 heavy (non-hydrogen) atoms. The molecule has 0 atom stereocenters. The number of aromatic nitrogens is 1. The van der Waals surface area contributed by atoms with Crippen LogP contribution in [0.3, 0.4) is 0 Å². The number of hydrogen-bond donors (Lipinski definition) is 1. The fourth-order valence-electron chi connectivity index (χ4n) is 4.09. The van der Waals surface area contributed by atoms with Crippen molar-refractivity contribution in [3.8, 4) is 0 Å². The zero-order valence-electron chi connectivity index (χ0n) is 15.9. The molecule has 144 valence electrons. The number of amides is 1. The fourth-order valence-corrected chi connectivity index (χ4v) is 4.33. The van der Waals surface area contributed by atoms with Gasteiger partial charge >= 0.3 is 6.09 Å². The Morgan fingerprint density at radius 2 is 1.77 bits per heavy atom. The minimum absolute atomic E-state index is 0.210. The first-order chi connectivity index (χ1) is 12.1. The van der Waals surface area contributed by atoms with Gasteiger partial charge in [-0.3, -0.25) is 4.98 Å². The Labute approximate surface area is 164 Å². The molecule has 0 radical (unpaired) electrons. The molecule has 1 aromatic heterocycles. The van der Waals surface area contributed by atoms with Crippen molar-refractivity contribution in [3.05, 3.63) is 28.5 Å². The molecule has 0 aromatic carbocycles. The van der Waals surface area contributed by atoms with Crippen LogP contribution in [0.25, 0.3) is 0 Å². The third-order valence-electron chi connectivity index (χ3n) is 5.82. The van der Waals surface area contributed by atoms with Crippen molar-refractivity contribution in [1.29, 1.82) is 0 Å². The molecule has 2 fully saturated rings. The van der Waals surface area contributed by atoms with Gasteiger partial charge in [0.1, 0.15) is 11.2 Å². The first-order valence-electron chi connectivity index (χ1n) is 9.43. The molecule has 1 saturated carbocycles. The Kier molecular flexibility index (Phi) is 5.37. The number of ether oxygens (including phenoxy) is 1. The quantitative estimate of drug-likeness (QED) is 0.713. The van der Waals surface area contributed by atoms with Crippen LogP contribution in [0.15, 0.2) is 22.8 Å². The van der Waals surface area contributed by atoms with Crippen LogP contribution in [0.4, 0.5) is 4.79 Å². The van der Waals surface area contributed by atoms with Crippen molar-refractivity contribution in [2.75, 3.05) is 13.1 Å². The summed E-state index contributed by atoms with van der Waals surface area (Å²) in [5.74, 6) is 0. The van der Waals surface area contributed by atoms with Crippen molar-refractivity contribution < 1.29 is 14.6 Å². The molecule has 5 nitrogen and oxygen atoms in total. The summed E-state index contributed by atoms with van der Waals surface area (Å²) in [6.45, 7) is 7.17. The lowest BCUT2D eigenvalue weighted by Crippen LogP contribution is -2.47. The number of piperidine rings is 1. The molecule has 6 heteroatoms. The maximum absolute atomic E-state index is 12.3. The van der Waals surface area contributed by atoms with Crippen LogP contribution in [0.1, 0.15) is 65.0 Å². The zero-order chi connectivity index (χ0) is 19.0. The summed E-state index contributed by atoms with van der Waals surface area (Å²) in [6.07, 6.45) is 6.91. The zero-order valence-corrected chi connectivity index (χ0v) is 17.5. The first-order valence-corrected chi connectivity index (χ1v) is 10.2. The van der Waals surface area contributed by atoms with Crippen LogP contribution < -0.4 is 0 Å². The molecule has 0 unspecified atom stereocenters. The number of halogens is 1.